The zero-order chi connectivity index (χ0) is 18.0. The molecule has 0 aliphatic rings. The monoisotopic (exact) mass is 352 g/mol. The Balaban J connectivity index is 1.90. The second-order valence-corrected chi connectivity index (χ2v) is 5.41. The summed E-state index contributed by atoms with van der Waals surface area (Å²) < 4.78 is 50.6. The lowest BCUT2D eigenvalue weighted by Crippen LogP contribution is -2.10. The van der Waals surface area contributed by atoms with E-state index in [0.29, 0.717) is 17.2 Å². The van der Waals surface area contributed by atoms with Gasteiger partial charge in [-0.1, -0.05) is 0 Å². The molecule has 3 aromatic rings. The van der Waals surface area contributed by atoms with E-state index in [2.05, 4.69) is 15.0 Å². The zero-order valence-electron chi connectivity index (χ0n) is 13.5. The third-order valence-corrected chi connectivity index (χ3v) is 3.48. The van der Waals surface area contributed by atoms with Crippen LogP contribution in [0, 0.1) is 6.92 Å². The van der Waals surface area contributed by atoms with E-state index in [-0.39, 0.29) is 24.5 Å². The highest BCUT2D eigenvalue weighted by molar-refractivity contribution is 5.52. The van der Waals surface area contributed by atoms with Gasteiger partial charge in [-0.2, -0.15) is 13.2 Å². The molecule has 0 radical (unpaired) electrons. The van der Waals surface area contributed by atoms with E-state index in [1.807, 2.05) is 0 Å². The van der Waals surface area contributed by atoms with Crippen molar-refractivity contribution in [1.82, 2.24) is 19.5 Å². The molecular formula is C16H15F3N4O2. The van der Waals surface area contributed by atoms with Gasteiger partial charge < -0.3 is 13.7 Å². The number of nitrogens with zero attached hydrogens (tertiary/aromatic N) is 4. The molecule has 3 rings (SSSR count). The molecular weight excluding hydrogens is 337 g/mol. The van der Waals surface area contributed by atoms with Crippen LogP contribution in [0.3, 0.4) is 0 Å². The predicted molar refractivity (Wildman–Crippen MR) is 81.5 cm³/mol. The molecule has 0 bridgehead atoms. The van der Waals surface area contributed by atoms with Gasteiger partial charge in [0, 0.05) is 37.5 Å². The van der Waals surface area contributed by atoms with Crippen molar-refractivity contribution in [2.24, 2.45) is 0 Å². The number of hydrogen-bond acceptors (Lipinski definition) is 5. The smallest absolute Gasteiger partial charge is 0.449 e. The summed E-state index contributed by atoms with van der Waals surface area (Å²) in [6.07, 6.45) is 1.69. The summed E-state index contributed by atoms with van der Waals surface area (Å²) >= 11 is 0. The van der Waals surface area contributed by atoms with Crippen molar-refractivity contribution in [2.75, 3.05) is 7.11 Å². The third-order valence-electron chi connectivity index (χ3n) is 3.48. The molecule has 0 atom stereocenters. The van der Waals surface area contributed by atoms with E-state index in [0.717, 1.165) is 0 Å². The van der Waals surface area contributed by atoms with Crippen LogP contribution in [-0.2, 0) is 24.1 Å². The largest absolute Gasteiger partial charge is 0.456 e. The van der Waals surface area contributed by atoms with Gasteiger partial charge in [-0.05, 0) is 13.0 Å². The predicted octanol–water partition coefficient (Wildman–Crippen LogP) is 3.46. The van der Waals surface area contributed by atoms with Gasteiger partial charge in [0.2, 0.25) is 5.76 Å². The van der Waals surface area contributed by atoms with Crippen LogP contribution in [-0.4, -0.2) is 26.6 Å². The number of aryl methyl sites for hydroxylation is 1. The number of ether oxygens (including phenoxy) is 1. The molecule has 0 amide bonds. The fraction of sp³-hybridized carbons (Fsp3) is 0.312. The molecule has 132 valence electrons. The van der Waals surface area contributed by atoms with Gasteiger partial charge in [-0.25, -0.2) is 15.0 Å². The van der Waals surface area contributed by atoms with Crippen molar-refractivity contribution in [3.05, 3.63) is 53.8 Å². The maximum absolute atomic E-state index is 13.1. The quantitative estimate of drug-likeness (QED) is 0.704. The minimum absolute atomic E-state index is 0.0264. The van der Waals surface area contributed by atoms with Gasteiger partial charge >= 0.3 is 6.18 Å². The number of alkyl halides is 3. The number of rotatable bonds is 5. The molecule has 0 aromatic carbocycles. The van der Waals surface area contributed by atoms with Crippen molar-refractivity contribution in [3.63, 3.8) is 0 Å². The molecule has 0 N–H and O–H groups in total. The first kappa shape index (κ1) is 17.2. The number of hydrogen-bond donors (Lipinski definition) is 0. The first-order valence-corrected chi connectivity index (χ1v) is 7.36. The van der Waals surface area contributed by atoms with Crippen LogP contribution in [0.5, 0.6) is 0 Å². The van der Waals surface area contributed by atoms with Crippen molar-refractivity contribution in [2.45, 2.75) is 26.3 Å². The fourth-order valence-corrected chi connectivity index (χ4v) is 2.48. The number of halogens is 3. The molecule has 0 spiro atoms. The molecule has 0 aliphatic heterocycles. The number of imidazole rings is 1. The van der Waals surface area contributed by atoms with Gasteiger partial charge in [0.25, 0.3) is 0 Å². The summed E-state index contributed by atoms with van der Waals surface area (Å²) in [6.45, 7) is 1.73. The number of methoxy groups -OCH3 is 1. The second-order valence-electron chi connectivity index (χ2n) is 5.41. The second kappa shape index (κ2) is 6.67. The van der Waals surface area contributed by atoms with Crippen LogP contribution in [0.1, 0.15) is 22.9 Å². The van der Waals surface area contributed by atoms with Crippen LogP contribution in [0.25, 0.3) is 11.4 Å². The third kappa shape index (κ3) is 3.71. The highest BCUT2D eigenvalue weighted by atomic mass is 19.4. The van der Waals surface area contributed by atoms with Crippen molar-refractivity contribution < 1.29 is 22.3 Å². The average Bonchev–Trinajstić information content (AvgIpc) is 3.15. The lowest BCUT2D eigenvalue weighted by molar-refractivity contribution is -0.154. The lowest BCUT2D eigenvalue weighted by Gasteiger charge is -2.10. The van der Waals surface area contributed by atoms with Crippen LogP contribution in [0.4, 0.5) is 13.2 Å². The highest BCUT2D eigenvalue weighted by Gasteiger charge is 2.38. The van der Waals surface area contributed by atoms with Crippen molar-refractivity contribution in [1.29, 1.82) is 0 Å². The minimum Gasteiger partial charge on any atom is -0.456 e. The molecule has 3 aromatic heterocycles. The summed E-state index contributed by atoms with van der Waals surface area (Å²) in [5, 5.41) is 0. The Morgan fingerprint density at radius 1 is 1.20 bits per heavy atom. The number of furan rings is 1. The summed E-state index contributed by atoms with van der Waals surface area (Å²) in [6, 6.07) is 1.38. The van der Waals surface area contributed by atoms with Gasteiger partial charge in [-0.15, -0.1) is 0 Å². The molecule has 25 heavy (non-hydrogen) atoms. The molecule has 0 unspecified atom stereocenters. The Bertz CT molecular complexity index is 853. The van der Waals surface area contributed by atoms with E-state index in [9.17, 15) is 13.2 Å². The fourth-order valence-electron chi connectivity index (χ4n) is 2.48. The van der Waals surface area contributed by atoms with Crippen molar-refractivity contribution >= 4 is 0 Å². The maximum atomic E-state index is 13.1. The summed E-state index contributed by atoms with van der Waals surface area (Å²) in [7, 11) is 1.54. The van der Waals surface area contributed by atoms with Gasteiger partial charge in [0.05, 0.1) is 12.1 Å². The highest BCUT2D eigenvalue weighted by Crippen LogP contribution is 2.34. The molecule has 0 saturated carbocycles. The summed E-state index contributed by atoms with van der Waals surface area (Å²) in [5.74, 6) is 0.192. The maximum Gasteiger partial charge on any atom is 0.449 e. The van der Waals surface area contributed by atoms with Crippen LogP contribution in [0.2, 0.25) is 0 Å². The molecule has 0 fully saturated rings. The van der Waals surface area contributed by atoms with Gasteiger partial charge in [0.15, 0.2) is 5.82 Å². The summed E-state index contributed by atoms with van der Waals surface area (Å²) in [4.78, 5) is 12.5. The standard InChI is InChI=1S/C16H15F3N4O2/c1-10-5-11(14(25-10)16(17,18)19)8-23-4-3-20-15(23)12-6-21-13(9-24-2)22-7-12/h3-7H,8-9H2,1-2H3. The van der Waals surface area contributed by atoms with E-state index >= 15 is 0 Å². The van der Waals surface area contributed by atoms with Crippen LogP contribution >= 0.6 is 0 Å². The molecule has 3 heterocycles. The molecule has 0 aliphatic carbocycles. The molecule has 0 saturated heterocycles. The Morgan fingerprint density at radius 3 is 2.56 bits per heavy atom. The topological polar surface area (TPSA) is 66.0 Å². The van der Waals surface area contributed by atoms with Gasteiger partial charge in [-0.3, -0.25) is 0 Å². The Kier molecular flexibility index (Phi) is 4.58. The van der Waals surface area contributed by atoms with Crippen LogP contribution in [0.15, 0.2) is 35.3 Å². The Hall–Kier alpha value is -2.68. The van der Waals surface area contributed by atoms with E-state index in [1.165, 1.54) is 26.3 Å². The normalized spacial score (nSPS) is 11.9. The van der Waals surface area contributed by atoms with Gasteiger partial charge in [0.1, 0.15) is 18.2 Å². The van der Waals surface area contributed by atoms with E-state index in [1.54, 1.807) is 23.2 Å². The number of aromatic nitrogens is 4. The van der Waals surface area contributed by atoms with E-state index in [4.69, 9.17) is 9.15 Å². The molecule has 9 heteroatoms. The zero-order valence-corrected chi connectivity index (χ0v) is 13.5. The summed E-state index contributed by atoms with van der Waals surface area (Å²) in [5.41, 5.74) is 0.639. The lowest BCUT2D eigenvalue weighted by atomic mass is 10.2. The van der Waals surface area contributed by atoms with Crippen molar-refractivity contribution in [3.8, 4) is 11.4 Å². The first-order chi connectivity index (χ1) is 11.9. The van der Waals surface area contributed by atoms with Crippen LogP contribution < -0.4 is 0 Å². The first-order valence-electron chi connectivity index (χ1n) is 7.36. The average molecular weight is 352 g/mol. The Morgan fingerprint density at radius 2 is 1.92 bits per heavy atom. The molecule has 6 nitrogen and oxygen atoms in total. The minimum atomic E-state index is -4.55. The SMILES string of the molecule is COCc1ncc(-c2nccn2Cc2cc(C)oc2C(F)(F)F)cn1. The Labute approximate surface area is 141 Å². The van der Waals surface area contributed by atoms with E-state index < -0.39 is 11.9 Å².